The Morgan fingerprint density at radius 2 is 2.00 bits per heavy atom. The van der Waals surface area contributed by atoms with Gasteiger partial charge in [0.05, 0.1) is 6.10 Å². The van der Waals surface area contributed by atoms with E-state index >= 15 is 0 Å². The van der Waals surface area contributed by atoms with Crippen LogP contribution in [0.25, 0.3) is 0 Å². The van der Waals surface area contributed by atoms with Crippen LogP contribution >= 0.6 is 0 Å². The molecule has 0 bridgehead atoms. The van der Waals surface area contributed by atoms with E-state index in [4.69, 9.17) is 0 Å². The van der Waals surface area contributed by atoms with E-state index < -0.39 is 6.10 Å². The maximum Gasteiger partial charge on any atom is 0.223 e. The summed E-state index contributed by atoms with van der Waals surface area (Å²) in [6, 6.07) is 8.50. The number of nitrogens with one attached hydrogen (secondary N) is 1. The minimum absolute atomic E-state index is 0.125. The van der Waals surface area contributed by atoms with E-state index in [0.717, 1.165) is 45.2 Å². The lowest BCUT2D eigenvalue weighted by Crippen LogP contribution is -2.43. The van der Waals surface area contributed by atoms with E-state index in [1.54, 1.807) is 0 Å². The molecular weight excluding hydrogens is 276 g/mol. The van der Waals surface area contributed by atoms with Gasteiger partial charge in [0.25, 0.3) is 0 Å². The molecule has 1 aliphatic carbocycles. The van der Waals surface area contributed by atoms with Crippen LogP contribution < -0.4 is 5.32 Å². The summed E-state index contributed by atoms with van der Waals surface area (Å²) in [6.45, 7) is 2.86. The Morgan fingerprint density at radius 3 is 2.77 bits per heavy atom. The summed E-state index contributed by atoms with van der Waals surface area (Å²) in [6.07, 6.45) is 4.88. The number of hydrogen-bond donors (Lipinski definition) is 2. The predicted octanol–water partition coefficient (Wildman–Crippen LogP) is 1.71. The van der Waals surface area contributed by atoms with Gasteiger partial charge < -0.3 is 10.4 Å². The number of amides is 1. The minimum atomic E-state index is -0.490. The van der Waals surface area contributed by atoms with Crippen LogP contribution in [0, 0.1) is 5.92 Å². The fourth-order valence-corrected chi connectivity index (χ4v) is 3.62. The van der Waals surface area contributed by atoms with E-state index in [2.05, 4.69) is 34.5 Å². The zero-order valence-electron chi connectivity index (χ0n) is 13.1. The van der Waals surface area contributed by atoms with Crippen molar-refractivity contribution >= 4 is 5.91 Å². The first-order valence-electron chi connectivity index (χ1n) is 8.47. The highest BCUT2D eigenvalue weighted by atomic mass is 16.3. The van der Waals surface area contributed by atoms with Gasteiger partial charge in [-0.3, -0.25) is 9.69 Å². The van der Waals surface area contributed by atoms with Crippen molar-refractivity contribution in [2.75, 3.05) is 19.6 Å². The third kappa shape index (κ3) is 3.87. The number of carbonyl (C=O) groups is 1. The Balaban J connectivity index is 1.42. The third-order valence-corrected chi connectivity index (χ3v) is 4.92. The molecule has 0 spiro atoms. The van der Waals surface area contributed by atoms with Gasteiger partial charge in [0.15, 0.2) is 0 Å². The predicted molar refractivity (Wildman–Crippen MR) is 86.4 cm³/mol. The quantitative estimate of drug-likeness (QED) is 0.870. The summed E-state index contributed by atoms with van der Waals surface area (Å²) in [5.74, 6) is 0.301. The number of β-amino-alcohol motifs (C(OH)–C–C–N with tert-alkyl or cyclic N) is 1. The van der Waals surface area contributed by atoms with Crippen LogP contribution in [0.5, 0.6) is 0 Å². The van der Waals surface area contributed by atoms with Crippen molar-refractivity contribution in [3.8, 4) is 0 Å². The molecule has 4 heteroatoms. The zero-order chi connectivity index (χ0) is 15.4. The fourth-order valence-electron chi connectivity index (χ4n) is 3.62. The molecular formula is C18H26N2O2. The van der Waals surface area contributed by atoms with Crippen LogP contribution in [0.1, 0.15) is 36.8 Å². The number of benzene rings is 1. The van der Waals surface area contributed by atoms with Crippen molar-refractivity contribution in [2.45, 2.75) is 44.8 Å². The molecule has 1 amide bonds. The maximum atomic E-state index is 12.0. The molecule has 4 nitrogen and oxygen atoms in total. The van der Waals surface area contributed by atoms with E-state index in [9.17, 15) is 9.90 Å². The van der Waals surface area contributed by atoms with E-state index in [-0.39, 0.29) is 11.8 Å². The minimum Gasteiger partial charge on any atom is -0.390 e. The SMILES string of the molecule is O=C(NCC(O)CN1CCc2ccccc2C1)C1CCCC1. The summed E-state index contributed by atoms with van der Waals surface area (Å²) >= 11 is 0. The zero-order valence-corrected chi connectivity index (χ0v) is 13.1. The lowest BCUT2D eigenvalue weighted by Gasteiger charge is -2.30. The third-order valence-electron chi connectivity index (χ3n) is 4.92. The van der Waals surface area contributed by atoms with Gasteiger partial charge >= 0.3 is 0 Å². The molecule has 1 aliphatic heterocycles. The van der Waals surface area contributed by atoms with Crippen LogP contribution in [-0.2, 0) is 17.8 Å². The topological polar surface area (TPSA) is 52.6 Å². The molecule has 2 aliphatic rings. The number of rotatable bonds is 5. The first kappa shape index (κ1) is 15.5. The van der Waals surface area contributed by atoms with Crippen molar-refractivity contribution in [3.63, 3.8) is 0 Å². The number of aliphatic hydroxyl groups excluding tert-OH is 1. The van der Waals surface area contributed by atoms with E-state index in [1.807, 2.05) is 0 Å². The summed E-state index contributed by atoms with van der Waals surface area (Å²) < 4.78 is 0. The lowest BCUT2D eigenvalue weighted by atomic mass is 10.00. The second kappa shape index (κ2) is 7.25. The van der Waals surface area contributed by atoms with Crippen molar-refractivity contribution in [3.05, 3.63) is 35.4 Å². The summed E-state index contributed by atoms with van der Waals surface area (Å²) in [5, 5.41) is 13.1. The molecule has 0 saturated heterocycles. The Hall–Kier alpha value is -1.39. The van der Waals surface area contributed by atoms with Gasteiger partial charge in [-0.2, -0.15) is 0 Å². The number of nitrogens with zero attached hydrogens (tertiary/aromatic N) is 1. The highest BCUT2D eigenvalue weighted by Crippen LogP contribution is 2.24. The number of carbonyl (C=O) groups excluding carboxylic acids is 1. The maximum absolute atomic E-state index is 12.0. The molecule has 2 N–H and O–H groups in total. The van der Waals surface area contributed by atoms with Crippen molar-refractivity contribution in [1.29, 1.82) is 0 Å². The lowest BCUT2D eigenvalue weighted by molar-refractivity contribution is -0.125. The highest BCUT2D eigenvalue weighted by molar-refractivity contribution is 5.78. The summed E-state index contributed by atoms with van der Waals surface area (Å²) in [4.78, 5) is 14.2. The average Bonchev–Trinajstić information content (AvgIpc) is 3.07. The van der Waals surface area contributed by atoms with Crippen molar-refractivity contribution in [2.24, 2.45) is 5.92 Å². The smallest absolute Gasteiger partial charge is 0.223 e. The standard InChI is InChI=1S/C18H26N2O2/c21-17(11-19-18(22)15-6-2-3-7-15)13-20-10-9-14-5-1-4-8-16(14)12-20/h1,4-5,8,15,17,21H,2-3,6-7,9-13H2,(H,19,22). The molecule has 0 aromatic heterocycles. The van der Waals surface area contributed by atoms with Gasteiger partial charge in [0.1, 0.15) is 0 Å². The van der Waals surface area contributed by atoms with Gasteiger partial charge in [-0.1, -0.05) is 37.1 Å². The first-order valence-corrected chi connectivity index (χ1v) is 8.47. The molecule has 1 heterocycles. The first-order chi connectivity index (χ1) is 10.7. The molecule has 1 aromatic carbocycles. The van der Waals surface area contributed by atoms with Gasteiger partial charge in [-0.25, -0.2) is 0 Å². The van der Waals surface area contributed by atoms with Gasteiger partial charge in [0, 0.05) is 32.1 Å². The molecule has 1 aromatic rings. The second-order valence-electron chi connectivity index (χ2n) is 6.63. The Labute approximate surface area is 132 Å². The van der Waals surface area contributed by atoms with Crippen LogP contribution in [-0.4, -0.2) is 41.7 Å². The van der Waals surface area contributed by atoms with Gasteiger partial charge in [-0.15, -0.1) is 0 Å². The highest BCUT2D eigenvalue weighted by Gasteiger charge is 2.23. The molecule has 1 saturated carbocycles. The monoisotopic (exact) mass is 302 g/mol. The van der Waals surface area contributed by atoms with Crippen molar-refractivity contribution < 1.29 is 9.90 Å². The molecule has 1 unspecified atom stereocenters. The second-order valence-corrected chi connectivity index (χ2v) is 6.63. The van der Waals surface area contributed by atoms with Gasteiger partial charge in [0.2, 0.25) is 5.91 Å². The van der Waals surface area contributed by atoms with Crippen LogP contribution in [0.3, 0.4) is 0 Å². The van der Waals surface area contributed by atoms with Gasteiger partial charge in [-0.05, 0) is 30.4 Å². The number of hydrogen-bond acceptors (Lipinski definition) is 3. The Bertz CT molecular complexity index is 512. The molecule has 22 heavy (non-hydrogen) atoms. The number of aliphatic hydroxyl groups is 1. The molecule has 0 radical (unpaired) electrons. The van der Waals surface area contributed by atoms with E-state index in [0.29, 0.717) is 13.1 Å². The van der Waals surface area contributed by atoms with Crippen LogP contribution in [0.2, 0.25) is 0 Å². The summed E-state index contributed by atoms with van der Waals surface area (Å²) in [5.41, 5.74) is 2.78. The van der Waals surface area contributed by atoms with Crippen molar-refractivity contribution in [1.82, 2.24) is 10.2 Å². The van der Waals surface area contributed by atoms with Crippen LogP contribution in [0.15, 0.2) is 24.3 Å². The summed E-state index contributed by atoms with van der Waals surface area (Å²) in [7, 11) is 0. The molecule has 3 rings (SSSR count). The van der Waals surface area contributed by atoms with Crippen LogP contribution in [0.4, 0.5) is 0 Å². The Morgan fingerprint density at radius 1 is 1.27 bits per heavy atom. The Kier molecular flexibility index (Phi) is 5.11. The average molecular weight is 302 g/mol. The largest absolute Gasteiger partial charge is 0.390 e. The molecule has 1 fully saturated rings. The normalized spacial score (nSPS) is 20.6. The fraction of sp³-hybridized carbons (Fsp3) is 0.611. The molecule has 1 atom stereocenters. The molecule has 120 valence electrons. The number of fused-ring (bicyclic) bond motifs is 1. The van der Waals surface area contributed by atoms with E-state index in [1.165, 1.54) is 11.1 Å².